The van der Waals surface area contributed by atoms with Crippen LogP contribution in [0.25, 0.3) is 0 Å². The van der Waals surface area contributed by atoms with Gasteiger partial charge in [0.05, 0.1) is 25.4 Å². The summed E-state index contributed by atoms with van der Waals surface area (Å²) in [6, 6.07) is 13.8. The van der Waals surface area contributed by atoms with Gasteiger partial charge >= 0.3 is 0 Å². The van der Waals surface area contributed by atoms with Gasteiger partial charge in [0.15, 0.2) is 0 Å². The molecule has 0 aliphatic carbocycles. The largest absolute Gasteiger partial charge is 0.496 e. The van der Waals surface area contributed by atoms with Crippen molar-refractivity contribution in [2.45, 2.75) is 37.8 Å². The summed E-state index contributed by atoms with van der Waals surface area (Å²) in [5.74, 6) is -0.0163. The Morgan fingerprint density at radius 3 is 2.62 bits per heavy atom. The third-order valence-electron chi connectivity index (χ3n) is 6.74. The van der Waals surface area contributed by atoms with Gasteiger partial charge in [-0.15, -0.1) is 0 Å². The minimum absolute atomic E-state index is 0.0932. The summed E-state index contributed by atoms with van der Waals surface area (Å²) in [4.78, 5) is 27.6. The lowest BCUT2D eigenvalue weighted by molar-refractivity contribution is 0.0570. The molecule has 3 atom stereocenters. The van der Waals surface area contributed by atoms with Crippen molar-refractivity contribution in [3.63, 3.8) is 0 Å². The van der Waals surface area contributed by atoms with E-state index in [2.05, 4.69) is 5.10 Å². The number of halogens is 1. The molecule has 5 rings (SSSR count). The van der Waals surface area contributed by atoms with Gasteiger partial charge in [-0.25, -0.2) is 4.39 Å². The maximum Gasteiger partial charge on any atom is 0.272 e. The van der Waals surface area contributed by atoms with Crippen molar-refractivity contribution >= 4 is 5.91 Å². The fraction of sp³-hybridized carbons (Fsp3) is 0.320. The number of rotatable bonds is 4. The lowest BCUT2D eigenvalue weighted by atomic mass is 9.79. The van der Waals surface area contributed by atoms with Gasteiger partial charge in [-0.3, -0.25) is 14.3 Å². The second-order valence-electron chi connectivity index (χ2n) is 8.40. The molecule has 0 N–H and O–H groups in total. The molecule has 3 heterocycles. The van der Waals surface area contributed by atoms with E-state index in [-0.39, 0.29) is 35.2 Å². The Balaban J connectivity index is 1.80. The molecule has 0 spiro atoms. The number of methoxy groups -OCH3 is 1. The molecule has 164 valence electrons. The van der Waals surface area contributed by atoms with Gasteiger partial charge in [-0.05, 0) is 43.5 Å². The molecule has 1 fully saturated rings. The Morgan fingerprint density at radius 1 is 1.12 bits per heavy atom. The van der Waals surface area contributed by atoms with E-state index in [1.807, 2.05) is 29.2 Å². The SMILES string of the molecule is COc1ccccc1[C@H](c1ccc(F)cc1)[C@H]1[C@H]2CCCN2C(=O)c2c(C)c(=O)cnn21. The molecule has 7 heteroatoms. The molecule has 0 bridgehead atoms. The molecule has 3 aromatic rings. The molecule has 0 saturated carbocycles. The lowest BCUT2D eigenvalue weighted by Crippen LogP contribution is -2.51. The number of carbonyl (C=O) groups is 1. The Morgan fingerprint density at radius 2 is 1.88 bits per heavy atom. The Bertz CT molecular complexity index is 1240. The van der Waals surface area contributed by atoms with Gasteiger partial charge in [-0.2, -0.15) is 5.10 Å². The average Bonchev–Trinajstić information content (AvgIpc) is 3.30. The fourth-order valence-corrected chi connectivity index (χ4v) is 5.26. The van der Waals surface area contributed by atoms with E-state index in [1.165, 1.54) is 18.3 Å². The van der Waals surface area contributed by atoms with Crippen LogP contribution in [0, 0.1) is 12.7 Å². The third kappa shape index (κ3) is 3.11. The molecule has 2 aromatic carbocycles. The number of para-hydroxylation sites is 1. The van der Waals surface area contributed by atoms with Crippen molar-refractivity contribution in [3.8, 4) is 5.75 Å². The van der Waals surface area contributed by atoms with Crippen molar-refractivity contribution < 1.29 is 13.9 Å². The molecule has 0 unspecified atom stereocenters. The number of aromatic nitrogens is 2. The normalized spacial score (nSPS) is 20.6. The van der Waals surface area contributed by atoms with Gasteiger partial charge in [0.25, 0.3) is 5.91 Å². The molecule has 6 nitrogen and oxygen atoms in total. The van der Waals surface area contributed by atoms with E-state index >= 15 is 0 Å². The van der Waals surface area contributed by atoms with Gasteiger partial charge in [-0.1, -0.05) is 30.3 Å². The number of nitrogens with zero attached hydrogens (tertiary/aromatic N) is 3. The molecular formula is C25H24FN3O3. The molecule has 1 saturated heterocycles. The first kappa shape index (κ1) is 20.4. The van der Waals surface area contributed by atoms with Crippen molar-refractivity contribution in [1.29, 1.82) is 0 Å². The smallest absolute Gasteiger partial charge is 0.272 e. The maximum absolute atomic E-state index is 13.8. The van der Waals surface area contributed by atoms with Gasteiger partial charge in [0.1, 0.15) is 17.3 Å². The van der Waals surface area contributed by atoms with Gasteiger partial charge in [0, 0.05) is 23.6 Å². The predicted octanol–water partition coefficient (Wildman–Crippen LogP) is 3.69. The molecule has 1 amide bonds. The second kappa shape index (κ2) is 7.89. The van der Waals surface area contributed by atoms with Crippen molar-refractivity contribution in [3.05, 3.63) is 93.2 Å². The molecule has 0 radical (unpaired) electrons. The van der Waals surface area contributed by atoms with Crippen LogP contribution in [-0.2, 0) is 0 Å². The zero-order valence-electron chi connectivity index (χ0n) is 18.0. The molecule has 32 heavy (non-hydrogen) atoms. The van der Waals surface area contributed by atoms with E-state index in [9.17, 15) is 14.0 Å². The minimum Gasteiger partial charge on any atom is -0.496 e. The number of fused-ring (bicyclic) bond motifs is 2. The zero-order valence-corrected chi connectivity index (χ0v) is 18.0. The number of benzene rings is 2. The monoisotopic (exact) mass is 433 g/mol. The van der Waals surface area contributed by atoms with E-state index in [1.54, 1.807) is 30.8 Å². The third-order valence-corrected chi connectivity index (χ3v) is 6.74. The van der Waals surface area contributed by atoms with Gasteiger partial charge < -0.3 is 9.64 Å². The summed E-state index contributed by atoms with van der Waals surface area (Å²) in [6.07, 6.45) is 3.00. The van der Waals surface area contributed by atoms with Crippen LogP contribution in [0.3, 0.4) is 0 Å². The topological polar surface area (TPSA) is 64.4 Å². The van der Waals surface area contributed by atoms with E-state index in [0.717, 1.165) is 24.0 Å². The molecule has 2 aliphatic heterocycles. The maximum atomic E-state index is 13.8. The van der Waals surface area contributed by atoms with Crippen LogP contribution >= 0.6 is 0 Å². The average molecular weight is 433 g/mol. The first-order valence-electron chi connectivity index (χ1n) is 10.8. The Kier molecular flexibility index (Phi) is 5.04. The van der Waals surface area contributed by atoms with E-state index < -0.39 is 0 Å². The van der Waals surface area contributed by atoms with Crippen LogP contribution in [0.1, 0.15) is 52.0 Å². The minimum atomic E-state index is -0.313. The molecule has 2 aliphatic rings. The van der Waals surface area contributed by atoms with Gasteiger partial charge in [0.2, 0.25) is 5.43 Å². The second-order valence-corrected chi connectivity index (χ2v) is 8.40. The summed E-state index contributed by atoms with van der Waals surface area (Å²) in [7, 11) is 1.63. The number of hydrogen-bond acceptors (Lipinski definition) is 4. The first-order valence-corrected chi connectivity index (χ1v) is 10.8. The quantitative estimate of drug-likeness (QED) is 0.630. The highest BCUT2D eigenvalue weighted by atomic mass is 19.1. The highest BCUT2D eigenvalue weighted by Gasteiger charge is 2.47. The highest BCUT2D eigenvalue weighted by molar-refractivity contribution is 5.95. The van der Waals surface area contributed by atoms with Crippen LogP contribution in [0.5, 0.6) is 5.75 Å². The van der Waals surface area contributed by atoms with Crippen molar-refractivity contribution in [2.24, 2.45) is 0 Å². The summed E-state index contributed by atoms with van der Waals surface area (Å²) in [6.45, 7) is 2.32. The van der Waals surface area contributed by atoms with Crippen LogP contribution in [0.15, 0.2) is 59.5 Å². The van der Waals surface area contributed by atoms with Crippen molar-refractivity contribution in [2.75, 3.05) is 13.7 Å². The van der Waals surface area contributed by atoms with E-state index in [4.69, 9.17) is 4.74 Å². The van der Waals surface area contributed by atoms with Crippen LogP contribution in [-0.4, -0.2) is 40.3 Å². The Hall–Kier alpha value is -3.48. The first-order chi connectivity index (χ1) is 15.5. The van der Waals surface area contributed by atoms with E-state index in [0.29, 0.717) is 23.6 Å². The van der Waals surface area contributed by atoms with Crippen LogP contribution < -0.4 is 10.2 Å². The number of carbonyl (C=O) groups excluding carboxylic acids is 1. The number of hydrogen-bond donors (Lipinski definition) is 0. The molecule has 1 aromatic heterocycles. The van der Waals surface area contributed by atoms with Crippen LogP contribution in [0.2, 0.25) is 0 Å². The summed E-state index contributed by atoms with van der Waals surface area (Å²) in [5.41, 5.74) is 2.31. The lowest BCUT2D eigenvalue weighted by Gasteiger charge is -2.43. The molecular weight excluding hydrogens is 409 g/mol. The summed E-state index contributed by atoms with van der Waals surface area (Å²) >= 11 is 0. The Labute approximate surface area is 185 Å². The predicted molar refractivity (Wildman–Crippen MR) is 118 cm³/mol. The zero-order chi connectivity index (χ0) is 22.4. The summed E-state index contributed by atoms with van der Waals surface area (Å²) in [5, 5.41) is 4.46. The summed E-state index contributed by atoms with van der Waals surface area (Å²) < 4.78 is 21.2. The highest BCUT2D eigenvalue weighted by Crippen LogP contribution is 2.47. The van der Waals surface area contributed by atoms with Crippen molar-refractivity contribution in [1.82, 2.24) is 14.7 Å². The fourth-order valence-electron chi connectivity index (χ4n) is 5.26. The van der Waals surface area contributed by atoms with Crippen LogP contribution in [0.4, 0.5) is 4.39 Å². The number of ether oxygens (including phenoxy) is 1. The number of amides is 1. The standard InChI is InChI=1S/C25H24FN3O3/c1-15-20(30)14-27-29-23(15)25(31)28-13-5-7-19(28)24(29)22(16-9-11-17(26)12-10-16)18-6-3-4-8-21(18)32-2/h3-4,6,8-12,14,19,22,24H,5,7,13H2,1-2H3/t19-,22+,24-/m1/s1.